The molecule has 3 rings (SSSR count). The Balaban J connectivity index is 2.10. The quantitative estimate of drug-likeness (QED) is 0.839. The van der Waals surface area contributed by atoms with Crippen LogP contribution in [0.25, 0.3) is 10.8 Å². The summed E-state index contributed by atoms with van der Waals surface area (Å²) < 4.78 is 0. The van der Waals surface area contributed by atoms with Gasteiger partial charge in [0.2, 0.25) is 5.91 Å². The van der Waals surface area contributed by atoms with Crippen molar-refractivity contribution in [2.24, 2.45) is 0 Å². The monoisotopic (exact) mass is 285 g/mol. The first-order valence-electron chi connectivity index (χ1n) is 7.13. The van der Waals surface area contributed by atoms with Crippen LogP contribution in [0.3, 0.4) is 0 Å². The lowest BCUT2D eigenvalue weighted by Gasteiger charge is -2.36. The largest absolute Gasteiger partial charge is 0.357 e. The van der Waals surface area contributed by atoms with E-state index in [2.05, 4.69) is 20.8 Å². The van der Waals surface area contributed by atoms with E-state index in [4.69, 9.17) is 0 Å². The fourth-order valence-electron chi connectivity index (χ4n) is 2.79. The molecule has 2 aromatic rings. The maximum absolute atomic E-state index is 12.1. The summed E-state index contributed by atoms with van der Waals surface area (Å²) in [6, 6.07) is 7.80. The Morgan fingerprint density at radius 3 is 2.86 bits per heavy atom. The first kappa shape index (κ1) is 13.8. The van der Waals surface area contributed by atoms with E-state index in [0.29, 0.717) is 6.54 Å². The molecule has 1 aromatic heterocycles. The van der Waals surface area contributed by atoms with Crippen LogP contribution in [0.2, 0.25) is 0 Å². The van der Waals surface area contributed by atoms with Gasteiger partial charge in [0.1, 0.15) is 6.04 Å². The van der Waals surface area contributed by atoms with Gasteiger partial charge in [0.05, 0.1) is 5.69 Å². The number of likely N-dealkylation sites (N-methyl/N-ethyl adjacent to an activating group) is 1. The number of fused-ring (bicyclic) bond motifs is 1. The van der Waals surface area contributed by atoms with Gasteiger partial charge < -0.3 is 15.5 Å². The molecule has 1 fully saturated rings. The van der Waals surface area contributed by atoms with E-state index in [1.807, 2.05) is 36.1 Å². The number of aromatic nitrogens is 2. The number of piperazine rings is 1. The summed E-state index contributed by atoms with van der Waals surface area (Å²) >= 11 is 0. The molecule has 1 aliphatic rings. The molecule has 6 heteroatoms. The van der Waals surface area contributed by atoms with Crippen molar-refractivity contribution in [3.63, 3.8) is 0 Å². The summed E-state index contributed by atoms with van der Waals surface area (Å²) in [5, 5.41) is 16.7. The van der Waals surface area contributed by atoms with Crippen molar-refractivity contribution in [2.75, 3.05) is 31.6 Å². The number of carbonyl (C=O) groups excluding carboxylic acids is 1. The highest BCUT2D eigenvalue weighted by atomic mass is 16.2. The summed E-state index contributed by atoms with van der Waals surface area (Å²) in [5.41, 5.74) is 0.904. The molecule has 1 unspecified atom stereocenters. The highest BCUT2D eigenvalue weighted by molar-refractivity contribution is 5.95. The molecule has 1 aromatic carbocycles. The van der Waals surface area contributed by atoms with E-state index in [1.165, 1.54) is 0 Å². The van der Waals surface area contributed by atoms with E-state index < -0.39 is 0 Å². The molecular formula is C15H19N5O. The van der Waals surface area contributed by atoms with Crippen LogP contribution in [0.15, 0.2) is 24.3 Å². The number of carbonyl (C=O) groups is 1. The van der Waals surface area contributed by atoms with Crippen LogP contribution in [0.1, 0.15) is 5.69 Å². The number of anilines is 1. The Bertz CT molecular complexity index is 672. The molecule has 0 bridgehead atoms. The summed E-state index contributed by atoms with van der Waals surface area (Å²) in [6.07, 6.45) is 0. The molecule has 0 spiro atoms. The second kappa shape index (κ2) is 5.65. The van der Waals surface area contributed by atoms with Gasteiger partial charge >= 0.3 is 0 Å². The Morgan fingerprint density at radius 2 is 2.10 bits per heavy atom. The fourth-order valence-corrected chi connectivity index (χ4v) is 2.79. The molecule has 1 amide bonds. The van der Waals surface area contributed by atoms with Crippen LogP contribution in [0, 0.1) is 6.92 Å². The third-order valence-corrected chi connectivity index (χ3v) is 3.92. The molecule has 1 saturated heterocycles. The zero-order valence-corrected chi connectivity index (χ0v) is 12.3. The number of amides is 1. The number of hydrogen-bond acceptors (Lipinski definition) is 5. The minimum absolute atomic E-state index is 0.00587. The second-order valence-corrected chi connectivity index (χ2v) is 5.18. The molecule has 2 heterocycles. The van der Waals surface area contributed by atoms with Gasteiger partial charge in [-0.05, 0) is 6.92 Å². The molecule has 0 radical (unpaired) electrons. The fraction of sp³-hybridized carbons (Fsp3) is 0.400. The van der Waals surface area contributed by atoms with Gasteiger partial charge in [-0.25, -0.2) is 0 Å². The lowest BCUT2D eigenvalue weighted by atomic mass is 10.1. The van der Waals surface area contributed by atoms with Gasteiger partial charge in [-0.2, -0.15) is 5.10 Å². The third kappa shape index (κ3) is 2.42. The minimum atomic E-state index is -0.260. The molecule has 110 valence electrons. The van der Waals surface area contributed by atoms with Gasteiger partial charge in [-0.1, -0.05) is 24.3 Å². The van der Waals surface area contributed by atoms with Crippen LogP contribution in [0.4, 0.5) is 5.82 Å². The average molecular weight is 285 g/mol. The first-order chi connectivity index (χ1) is 10.2. The van der Waals surface area contributed by atoms with Crippen LogP contribution in [0.5, 0.6) is 0 Å². The van der Waals surface area contributed by atoms with Crippen molar-refractivity contribution in [2.45, 2.75) is 13.0 Å². The van der Waals surface area contributed by atoms with Crippen molar-refractivity contribution in [3.05, 3.63) is 30.0 Å². The van der Waals surface area contributed by atoms with E-state index in [1.54, 1.807) is 7.05 Å². The van der Waals surface area contributed by atoms with Crippen molar-refractivity contribution in [1.82, 2.24) is 20.8 Å². The summed E-state index contributed by atoms with van der Waals surface area (Å²) in [5.74, 6) is 0.778. The maximum Gasteiger partial charge on any atom is 0.243 e. The van der Waals surface area contributed by atoms with Crippen LogP contribution in [-0.4, -0.2) is 48.8 Å². The second-order valence-electron chi connectivity index (χ2n) is 5.18. The lowest BCUT2D eigenvalue weighted by Crippen LogP contribution is -2.58. The van der Waals surface area contributed by atoms with Crippen LogP contribution >= 0.6 is 0 Å². The van der Waals surface area contributed by atoms with Gasteiger partial charge in [-0.15, -0.1) is 5.10 Å². The number of nitrogens with zero attached hydrogens (tertiary/aromatic N) is 3. The predicted molar refractivity (Wildman–Crippen MR) is 82.3 cm³/mol. The predicted octanol–water partition coefficient (Wildman–Crippen LogP) is 0.462. The van der Waals surface area contributed by atoms with E-state index in [9.17, 15) is 4.79 Å². The minimum Gasteiger partial charge on any atom is -0.357 e. The van der Waals surface area contributed by atoms with E-state index >= 15 is 0 Å². The highest BCUT2D eigenvalue weighted by Gasteiger charge is 2.30. The van der Waals surface area contributed by atoms with Crippen molar-refractivity contribution < 1.29 is 4.79 Å². The number of rotatable bonds is 2. The molecule has 0 saturated carbocycles. The zero-order valence-electron chi connectivity index (χ0n) is 12.3. The Labute approximate surface area is 123 Å². The molecule has 0 aliphatic carbocycles. The number of aryl methyl sites for hydroxylation is 1. The number of nitrogens with one attached hydrogen (secondary N) is 2. The average Bonchev–Trinajstić information content (AvgIpc) is 2.55. The van der Waals surface area contributed by atoms with Crippen molar-refractivity contribution >= 4 is 22.5 Å². The van der Waals surface area contributed by atoms with E-state index in [0.717, 1.165) is 35.4 Å². The standard InChI is InChI=1S/C15H19N5O/c1-10-11-5-3-4-6-12(11)14(19-18-10)20-8-7-17-9-13(20)15(21)16-2/h3-6,13,17H,7-9H2,1-2H3,(H,16,21). The lowest BCUT2D eigenvalue weighted by molar-refractivity contribution is -0.122. The smallest absolute Gasteiger partial charge is 0.243 e. The van der Waals surface area contributed by atoms with Crippen molar-refractivity contribution in [1.29, 1.82) is 0 Å². The first-order valence-corrected chi connectivity index (χ1v) is 7.13. The number of hydrogen-bond donors (Lipinski definition) is 2. The SMILES string of the molecule is CNC(=O)C1CNCCN1c1nnc(C)c2ccccc12. The molecule has 1 aliphatic heterocycles. The van der Waals surface area contributed by atoms with E-state index in [-0.39, 0.29) is 11.9 Å². The Kier molecular flexibility index (Phi) is 3.70. The number of benzene rings is 1. The zero-order chi connectivity index (χ0) is 14.8. The Morgan fingerprint density at radius 1 is 1.33 bits per heavy atom. The molecule has 21 heavy (non-hydrogen) atoms. The normalized spacial score (nSPS) is 18.8. The topological polar surface area (TPSA) is 70.2 Å². The van der Waals surface area contributed by atoms with Crippen LogP contribution in [-0.2, 0) is 4.79 Å². The summed E-state index contributed by atoms with van der Waals surface area (Å²) in [7, 11) is 1.66. The molecule has 1 atom stereocenters. The van der Waals surface area contributed by atoms with Crippen LogP contribution < -0.4 is 15.5 Å². The van der Waals surface area contributed by atoms with Gasteiger partial charge in [0.15, 0.2) is 5.82 Å². The molecular weight excluding hydrogens is 266 g/mol. The Hall–Kier alpha value is -2.21. The highest BCUT2D eigenvalue weighted by Crippen LogP contribution is 2.27. The molecule has 2 N–H and O–H groups in total. The van der Waals surface area contributed by atoms with Gasteiger partial charge in [0, 0.05) is 37.5 Å². The summed E-state index contributed by atoms with van der Waals surface area (Å²) in [6.45, 7) is 4.13. The third-order valence-electron chi connectivity index (χ3n) is 3.92. The van der Waals surface area contributed by atoms with Crippen molar-refractivity contribution in [3.8, 4) is 0 Å². The van der Waals surface area contributed by atoms with Gasteiger partial charge in [0.25, 0.3) is 0 Å². The maximum atomic E-state index is 12.1. The molecule has 6 nitrogen and oxygen atoms in total. The van der Waals surface area contributed by atoms with Gasteiger partial charge in [-0.3, -0.25) is 4.79 Å². The summed E-state index contributed by atoms with van der Waals surface area (Å²) in [4.78, 5) is 14.2.